The number of hydrogen-bond donors (Lipinski definition) is 0. The standard InChI is InChI=1S/C25H31F3/c1-2-3-4-5-16-6-7-18-11-19(9-8-17(18)10-16)20-12-21-13-22(26)15-24(28)25(21)23(27)14-20/h12-19H,2-11H2,1H3. The Morgan fingerprint density at radius 2 is 1.57 bits per heavy atom. The molecule has 0 nitrogen and oxygen atoms in total. The van der Waals surface area contributed by atoms with Gasteiger partial charge in [0.25, 0.3) is 0 Å². The van der Waals surface area contributed by atoms with Gasteiger partial charge in [-0.05, 0) is 78.9 Å². The first-order valence-electron chi connectivity index (χ1n) is 11.1. The summed E-state index contributed by atoms with van der Waals surface area (Å²) in [6.45, 7) is 2.26. The summed E-state index contributed by atoms with van der Waals surface area (Å²) in [5.41, 5.74) is 0.915. The van der Waals surface area contributed by atoms with Gasteiger partial charge in [-0.3, -0.25) is 0 Å². The SMILES string of the molecule is CCCCCC1CCC2CC(c3cc(F)c4c(F)cc(F)cc4c3)CCC2C1. The first kappa shape index (κ1) is 19.8. The second-order valence-electron chi connectivity index (χ2n) is 9.19. The van der Waals surface area contributed by atoms with Crippen LogP contribution in [0, 0.1) is 35.2 Å². The maximum atomic E-state index is 14.6. The molecular weight excluding hydrogens is 357 g/mol. The molecule has 0 heterocycles. The van der Waals surface area contributed by atoms with Crippen LogP contribution in [0.3, 0.4) is 0 Å². The summed E-state index contributed by atoms with van der Waals surface area (Å²) in [7, 11) is 0. The Kier molecular flexibility index (Phi) is 5.99. The van der Waals surface area contributed by atoms with E-state index in [0.717, 1.165) is 42.2 Å². The van der Waals surface area contributed by atoms with E-state index in [-0.39, 0.29) is 5.39 Å². The summed E-state index contributed by atoms with van der Waals surface area (Å²) in [5, 5.41) is 0.251. The number of rotatable bonds is 5. The highest BCUT2D eigenvalue weighted by Gasteiger charge is 2.36. The largest absolute Gasteiger partial charge is 0.207 e. The number of halogens is 3. The number of unbranched alkanes of at least 4 members (excludes halogenated alkanes) is 2. The molecule has 0 aliphatic heterocycles. The molecule has 0 N–H and O–H groups in total. The highest BCUT2D eigenvalue weighted by Crippen LogP contribution is 2.48. The molecule has 0 saturated heterocycles. The molecule has 2 aromatic rings. The topological polar surface area (TPSA) is 0 Å². The van der Waals surface area contributed by atoms with Crippen molar-refractivity contribution in [3.05, 3.63) is 47.3 Å². The molecule has 4 unspecified atom stereocenters. The minimum atomic E-state index is -0.816. The van der Waals surface area contributed by atoms with Crippen molar-refractivity contribution >= 4 is 10.8 Å². The molecule has 152 valence electrons. The van der Waals surface area contributed by atoms with Gasteiger partial charge in [0.1, 0.15) is 17.5 Å². The molecule has 2 fully saturated rings. The van der Waals surface area contributed by atoms with Crippen LogP contribution in [0.15, 0.2) is 24.3 Å². The summed E-state index contributed by atoms with van der Waals surface area (Å²) in [6, 6.07) is 5.31. The molecule has 3 heteroatoms. The van der Waals surface area contributed by atoms with E-state index < -0.39 is 17.5 Å². The van der Waals surface area contributed by atoms with E-state index in [1.807, 2.05) is 6.07 Å². The summed E-state index contributed by atoms with van der Waals surface area (Å²) in [5.74, 6) is 0.722. The second-order valence-corrected chi connectivity index (χ2v) is 9.19. The fourth-order valence-electron chi connectivity index (χ4n) is 5.87. The van der Waals surface area contributed by atoms with Gasteiger partial charge in [0.2, 0.25) is 0 Å². The van der Waals surface area contributed by atoms with Crippen molar-refractivity contribution in [1.29, 1.82) is 0 Å². The minimum absolute atomic E-state index is 0.0913. The molecule has 0 radical (unpaired) electrons. The highest BCUT2D eigenvalue weighted by atomic mass is 19.1. The van der Waals surface area contributed by atoms with Gasteiger partial charge in [0, 0.05) is 6.07 Å². The molecule has 0 spiro atoms. The second kappa shape index (κ2) is 8.47. The van der Waals surface area contributed by atoms with Crippen LogP contribution < -0.4 is 0 Å². The van der Waals surface area contributed by atoms with E-state index in [9.17, 15) is 13.2 Å². The quantitative estimate of drug-likeness (QED) is 0.453. The molecule has 0 bridgehead atoms. The first-order chi connectivity index (χ1) is 13.5. The Bertz CT molecular complexity index is 828. The van der Waals surface area contributed by atoms with Crippen LogP contribution in [-0.2, 0) is 0 Å². The maximum absolute atomic E-state index is 14.6. The Morgan fingerprint density at radius 3 is 2.39 bits per heavy atom. The van der Waals surface area contributed by atoms with Gasteiger partial charge in [-0.25, -0.2) is 13.2 Å². The van der Waals surface area contributed by atoms with E-state index in [2.05, 4.69) is 6.92 Å². The average molecular weight is 389 g/mol. The van der Waals surface area contributed by atoms with Crippen molar-refractivity contribution in [3.8, 4) is 0 Å². The van der Waals surface area contributed by atoms with Crippen LogP contribution in [0.4, 0.5) is 13.2 Å². The van der Waals surface area contributed by atoms with Gasteiger partial charge >= 0.3 is 0 Å². The van der Waals surface area contributed by atoms with Gasteiger partial charge in [0.05, 0.1) is 5.39 Å². The van der Waals surface area contributed by atoms with Crippen LogP contribution in [0.5, 0.6) is 0 Å². The van der Waals surface area contributed by atoms with E-state index >= 15 is 0 Å². The Balaban J connectivity index is 1.46. The van der Waals surface area contributed by atoms with Gasteiger partial charge in [-0.2, -0.15) is 0 Å². The van der Waals surface area contributed by atoms with Crippen LogP contribution in [-0.4, -0.2) is 0 Å². The third kappa shape index (κ3) is 4.09. The fraction of sp³-hybridized carbons (Fsp3) is 0.600. The highest BCUT2D eigenvalue weighted by molar-refractivity contribution is 5.84. The predicted octanol–water partition coefficient (Wildman–Crippen LogP) is 8.14. The van der Waals surface area contributed by atoms with Crippen LogP contribution in [0.1, 0.15) is 82.6 Å². The normalized spacial score (nSPS) is 27.7. The molecule has 2 aromatic carbocycles. The summed E-state index contributed by atoms with van der Waals surface area (Å²) < 4.78 is 42.1. The zero-order chi connectivity index (χ0) is 19.7. The predicted molar refractivity (Wildman–Crippen MR) is 109 cm³/mol. The zero-order valence-corrected chi connectivity index (χ0v) is 16.8. The molecule has 4 rings (SSSR count). The lowest BCUT2D eigenvalue weighted by atomic mass is 9.63. The molecule has 0 amide bonds. The van der Waals surface area contributed by atoms with Gasteiger partial charge < -0.3 is 0 Å². The van der Waals surface area contributed by atoms with E-state index in [1.165, 1.54) is 63.5 Å². The van der Waals surface area contributed by atoms with E-state index in [0.29, 0.717) is 11.3 Å². The Morgan fingerprint density at radius 1 is 0.821 bits per heavy atom. The van der Waals surface area contributed by atoms with Gasteiger partial charge in [0.15, 0.2) is 0 Å². The maximum Gasteiger partial charge on any atom is 0.136 e. The van der Waals surface area contributed by atoms with Crippen molar-refractivity contribution in [2.45, 2.75) is 77.0 Å². The lowest BCUT2D eigenvalue weighted by Gasteiger charge is -2.42. The lowest BCUT2D eigenvalue weighted by Crippen LogP contribution is -2.30. The number of benzene rings is 2. The molecule has 0 aromatic heterocycles. The smallest absolute Gasteiger partial charge is 0.136 e. The van der Waals surface area contributed by atoms with Crippen LogP contribution >= 0.6 is 0 Å². The third-order valence-corrected chi connectivity index (χ3v) is 7.35. The van der Waals surface area contributed by atoms with Gasteiger partial charge in [-0.15, -0.1) is 0 Å². The van der Waals surface area contributed by atoms with Crippen molar-refractivity contribution in [2.24, 2.45) is 17.8 Å². The van der Waals surface area contributed by atoms with E-state index in [4.69, 9.17) is 0 Å². The number of hydrogen-bond acceptors (Lipinski definition) is 0. The molecule has 4 atom stereocenters. The van der Waals surface area contributed by atoms with Crippen molar-refractivity contribution in [2.75, 3.05) is 0 Å². The summed E-state index contributed by atoms with van der Waals surface area (Å²) in [4.78, 5) is 0. The summed E-state index contributed by atoms with van der Waals surface area (Å²) in [6.07, 6.45) is 12.7. The minimum Gasteiger partial charge on any atom is -0.207 e. The molecule has 2 aliphatic rings. The van der Waals surface area contributed by atoms with Crippen LogP contribution in [0.2, 0.25) is 0 Å². The molecule has 28 heavy (non-hydrogen) atoms. The average Bonchev–Trinajstić information content (AvgIpc) is 2.66. The summed E-state index contributed by atoms with van der Waals surface area (Å²) >= 11 is 0. The molecule has 2 saturated carbocycles. The lowest BCUT2D eigenvalue weighted by molar-refractivity contribution is 0.113. The first-order valence-corrected chi connectivity index (χ1v) is 11.1. The van der Waals surface area contributed by atoms with E-state index in [1.54, 1.807) is 0 Å². The van der Waals surface area contributed by atoms with Crippen molar-refractivity contribution in [1.82, 2.24) is 0 Å². The van der Waals surface area contributed by atoms with Crippen molar-refractivity contribution < 1.29 is 13.2 Å². The fourth-order valence-corrected chi connectivity index (χ4v) is 5.87. The molecule has 2 aliphatic carbocycles. The van der Waals surface area contributed by atoms with Crippen LogP contribution in [0.25, 0.3) is 10.8 Å². The van der Waals surface area contributed by atoms with Gasteiger partial charge in [-0.1, -0.05) is 45.1 Å². The Hall–Kier alpha value is -1.51. The monoisotopic (exact) mass is 388 g/mol. The zero-order valence-electron chi connectivity index (χ0n) is 16.8. The molecular formula is C25H31F3. The Labute approximate surface area is 166 Å². The number of fused-ring (bicyclic) bond motifs is 2. The van der Waals surface area contributed by atoms with Crippen molar-refractivity contribution in [3.63, 3.8) is 0 Å². The third-order valence-electron chi connectivity index (χ3n) is 7.35.